The number of piperazine rings is 1. The number of sulfonamides is 1. The molecular formula is C18H20FN3O3S. The molecule has 1 heterocycles. The summed E-state index contributed by atoms with van der Waals surface area (Å²) >= 11 is 0. The average Bonchev–Trinajstić information content (AvgIpc) is 2.63. The van der Waals surface area contributed by atoms with Crippen molar-refractivity contribution in [3.05, 3.63) is 59.9 Å². The van der Waals surface area contributed by atoms with Crippen LogP contribution in [0.2, 0.25) is 0 Å². The summed E-state index contributed by atoms with van der Waals surface area (Å²) in [4.78, 5) is 14.4. The number of nitrogens with zero attached hydrogens (tertiary/aromatic N) is 1. The molecule has 2 aromatic carbocycles. The summed E-state index contributed by atoms with van der Waals surface area (Å²) in [6, 6.07) is 11.1. The number of anilines is 1. The van der Waals surface area contributed by atoms with Crippen LogP contribution in [0.25, 0.3) is 0 Å². The molecule has 2 aromatic rings. The molecular weight excluding hydrogens is 357 g/mol. The Morgan fingerprint density at radius 3 is 2.65 bits per heavy atom. The third-order valence-electron chi connectivity index (χ3n) is 4.14. The molecule has 26 heavy (non-hydrogen) atoms. The van der Waals surface area contributed by atoms with E-state index in [1.807, 2.05) is 6.92 Å². The van der Waals surface area contributed by atoms with E-state index in [1.165, 1.54) is 42.5 Å². The number of carbonyl (C=O) groups is 1. The first-order valence-electron chi connectivity index (χ1n) is 8.26. The maximum Gasteiger partial charge on any atom is 0.261 e. The van der Waals surface area contributed by atoms with Gasteiger partial charge in [-0.2, -0.15) is 0 Å². The number of halogens is 1. The second-order valence-electron chi connectivity index (χ2n) is 6.25. The van der Waals surface area contributed by atoms with Crippen molar-refractivity contribution in [3.63, 3.8) is 0 Å². The van der Waals surface area contributed by atoms with Crippen molar-refractivity contribution in [3.8, 4) is 0 Å². The van der Waals surface area contributed by atoms with Crippen molar-refractivity contribution in [2.24, 2.45) is 0 Å². The third-order valence-corrected chi connectivity index (χ3v) is 5.52. The molecule has 0 aliphatic carbocycles. The summed E-state index contributed by atoms with van der Waals surface area (Å²) in [5.41, 5.74) is 0.570. The molecule has 6 nitrogen and oxygen atoms in total. The summed E-state index contributed by atoms with van der Waals surface area (Å²) in [5, 5.41) is 3.26. The highest BCUT2D eigenvalue weighted by Gasteiger charge is 2.23. The van der Waals surface area contributed by atoms with Crippen LogP contribution in [-0.4, -0.2) is 44.9 Å². The number of benzene rings is 2. The second-order valence-corrected chi connectivity index (χ2v) is 7.93. The van der Waals surface area contributed by atoms with Crippen LogP contribution in [0.15, 0.2) is 53.4 Å². The lowest BCUT2D eigenvalue weighted by molar-refractivity contribution is 0.0709. The fourth-order valence-electron chi connectivity index (χ4n) is 2.83. The highest BCUT2D eigenvalue weighted by Crippen LogP contribution is 2.18. The Morgan fingerprint density at radius 1 is 1.23 bits per heavy atom. The molecule has 0 spiro atoms. The standard InChI is InChI=1S/C18H20FN3O3S/c1-13-12-22(10-9-20-13)18(23)14-3-2-4-17(11-14)26(24,25)21-16-7-5-15(19)6-8-16/h2-8,11,13,20-21H,9-10,12H2,1H3. The van der Waals surface area contributed by atoms with Crippen molar-refractivity contribution in [1.82, 2.24) is 10.2 Å². The molecule has 0 bridgehead atoms. The Labute approximate surface area is 152 Å². The third kappa shape index (κ3) is 4.20. The van der Waals surface area contributed by atoms with E-state index in [1.54, 1.807) is 11.0 Å². The van der Waals surface area contributed by atoms with Crippen molar-refractivity contribution < 1.29 is 17.6 Å². The first-order valence-corrected chi connectivity index (χ1v) is 9.74. The van der Waals surface area contributed by atoms with Crippen molar-refractivity contribution in [2.45, 2.75) is 17.9 Å². The lowest BCUT2D eigenvalue weighted by Crippen LogP contribution is -2.51. The van der Waals surface area contributed by atoms with Crippen molar-refractivity contribution >= 4 is 21.6 Å². The molecule has 0 saturated carbocycles. The van der Waals surface area contributed by atoms with Gasteiger partial charge in [-0.05, 0) is 49.4 Å². The second kappa shape index (κ2) is 7.43. The van der Waals surface area contributed by atoms with Crippen LogP contribution >= 0.6 is 0 Å². The number of rotatable bonds is 4. The molecule has 1 aliphatic rings. The maximum atomic E-state index is 13.0. The van der Waals surface area contributed by atoms with Gasteiger partial charge in [0.1, 0.15) is 5.82 Å². The molecule has 0 radical (unpaired) electrons. The molecule has 1 unspecified atom stereocenters. The highest BCUT2D eigenvalue weighted by molar-refractivity contribution is 7.92. The first-order chi connectivity index (χ1) is 12.3. The SMILES string of the molecule is CC1CN(C(=O)c2cccc(S(=O)(=O)Nc3ccc(F)cc3)c2)CCN1. The van der Waals surface area contributed by atoms with Gasteiger partial charge in [0.15, 0.2) is 0 Å². The molecule has 1 atom stereocenters. The van der Waals surface area contributed by atoms with Crippen molar-refractivity contribution in [1.29, 1.82) is 0 Å². The zero-order valence-electron chi connectivity index (χ0n) is 14.3. The van der Waals surface area contributed by atoms with Crippen LogP contribution in [0.4, 0.5) is 10.1 Å². The van der Waals surface area contributed by atoms with Crippen LogP contribution in [0, 0.1) is 5.82 Å². The van der Waals surface area contributed by atoms with Gasteiger partial charge in [0.05, 0.1) is 4.90 Å². The number of amides is 1. The predicted molar refractivity (Wildman–Crippen MR) is 97.0 cm³/mol. The van der Waals surface area contributed by atoms with Crippen LogP contribution in [-0.2, 0) is 10.0 Å². The summed E-state index contributed by atoms with van der Waals surface area (Å²) in [5.74, 6) is -0.650. The van der Waals surface area contributed by atoms with E-state index in [2.05, 4.69) is 10.0 Å². The largest absolute Gasteiger partial charge is 0.336 e. The van der Waals surface area contributed by atoms with Gasteiger partial charge in [-0.15, -0.1) is 0 Å². The van der Waals surface area contributed by atoms with E-state index in [9.17, 15) is 17.6 Å². The van der Waals surface area contributed by atoms with E-state index in [0.29, 0.717) is 25.2 Å². The zero-order valence-corrected chi connectivity index (χ0v) is 15.1. The summed E-state index contributed by atoms with van der Waals surface area (Å²) in [6.07, 6.45) is 0. The fraction of sp³-hybridized carbons (Fsp3) is 0.278. The number of hydrogen-bond acceptors (Lipinski definition) is 4. The average molecular weight is 377 g/mol. The number of carbonyl (C=O) groups excluding carboxylic acids is 1. The van der Waals surface area contributed by atoms with Gasteiger partial charge in [0.25, 0.3) is 15.9 Å². The van der Waals surface area contributed by atoms with Crippen LogP contribution < -0.4 is 10.0 Å². The van der Waals surface area contributed by atoms with Crippen LogP contribution in [0.1, 0.15) is 17.3 Å². The molecule has 3 rings (SSSR count). The summed E-state index contributed by atoms with van der Waals surface area (Å²) < 4.78 is 40.4. The van der Waals surface area contributed by atoms with E-state index in [0.717, 1.165) is 0 Å². The summed E-state index contributed by atoms with van der Waals surface area (Å²) in [6.45, 7) is 3.85. The van der Waals surface area contributed by atoms with Crippen molar-refractivity contribution in [2.75, 3.05) is 24.4 Å². The topological polar surface area (TPSA) is 78.5 Å². The molecule has 8 heteroatoms. The first kappa shape index (κ1) is 18.3. The van der Waals surface area contributed by atoms with E-state index in [-0.39, 0.29) is 22.5 Å². The smallest absolute Gasteiger partial charge is 0.261 e. The summed E-state index contributed by atoms with van der Waals surface area (Å²) in [7, 11) is -3.88. The Hall–Kier alpha value is -2.45. The minimum absolute atomic E-state index is 0.0177. The Kier molecular flexibility index (Phi) is 5.24. The molecule has 0 aromatic heterocycles. The minimum Gasteiger partial charge on any atom is -0.336 e. The van der Waals surface area contributed by atoms with Gasteiger partial charge in [-0.3, -0.25) is 9.52 Å². The van der Waals surface area contributed by atoms with Gasteiger partial charge in [0, 0.05) is 36.9 Å². The predicted octanol–water partition coefficient (Wildman–Crippen LogP) is 2.06. The monoisotopic (exact) mass is 377 g/mol. The minimum atomic E-state index is -3.88. The fourth-order valence-corrected chi connectivity index (χ4v) is 3.93. The van der Waals surface area contributed by atoms with Gasteiger partial charge >= 0.3 is 0 Å². The van der Waals surface area contributed by atoms with Crippen LogP contribution in [0.5, 0.6) is 0 Å². The van der Waals surface area contributed by atoms with Gasteiger partial charge in [0.2, 0.25) is 0 Å². The van der Waals surface area contributed by atoms with E-state index >= 15 is 0 Å². The quantitative estimate of drug-likeness (QED) is 0.855. The Morgan fingerprint density at radius 2 is 1.96 bits per heavy atom. The molecule has 1 amide bonds. The van der Waals surface area contributed by atoms with Gasteiger partial charge < -0.3 is 10.2 Å². The molecule has 1 saturated heterocycles. The highest BCUT2D eigenvalue weighted by atomic mass is 32.2. The number of hydrogen-bond donors (Lipinski definition) is 2. The van der Waals surface area contributed by atoms with E-state index < -0.39 is 15.8 Å². The van der Waals surface area contributed by atoms with Gasteiger partial charge in [-0.25, -0.2) is 12.8 Å². The Balaban J connectivity index is 1.81. The van der Waals surface area contributed by atoms with E-state index in [4.69, 9.17) is 0 Å². The maximum absolute atomic E-state index is 13.0. The molecule has 1 fully saturated rings. The van der Waals surface area contributed by atoms with Gasteiger partial charge in [-0.1, -0.05) is 6.07 Å². The zero-order chi connectivity index (χ0) is 18.7. The molecule has 138 valence electrons. The molecule has 1 aliphatic heterocycles. The lowest BCUT2D eigenvalue weighted by atomic mass is 10.1. The van der Waals surface area contributed by atoms with Crippen LogP contribution in [0.3, 0.4) is 0 Å². The Bertz CT molecular complexity index is 900. The normalized spacial score (nSPS) is 17.8. The molecule has 2 N–H and O–H groups in total. The lowest BCUT2D eigenvalue weighted by Gasteiger charge is -2.32. The number of nitrogens with one attached hydrogen (secondary N) is 2.